The quantitative estimate of drug-likeness (QED) is 0.669. The van der Waals surface area contributed by atoms with Crippen LogP contribution in [0.15, 0.2) is 41.3 Å². The Morgan fingerprint density at radius 1 is 1.00 bits per heavy atom. The number of imide groups is 1. The van der Waals surface area contributed by atoms with Crippen molar-refractivity contribution in [2.75, 3.05) is 4.72 Å². The molecule has 164 valence electrons. The van der Waals surface area contributed by atoms with E-state index in [-0.39, 0.29) is 35.1 Å². The van der Waals surface area contributed by atoms with E-state index in [4.69, 9.17) is 11.6 Å². The van der Waals surface area contributed by atoms with E-state index in [1.807, 2.05) is 6.92 Å². The maximum absolute atomic E-state index is 13.1. The van der Waals surface area contributed by atoms with Crippen LogP contribution in [-0.4, -0.2) is 25.1 Å². The molecule has 6 nitrogen and oxygen atoms in total. The molecular formula is C23H25ClN2O4S. The second-order valence-corrected chi connectivity index (χ2v) is 10.5. The van der Waals surface area contributed by atoms with Crippen LogP contribution in [0.25, 0.3) is 0 Å². The van der Waals surface area contributed by atoms with Crippen LogP contribution in [0.5, 0.6) is 0 Å². The number of halogens is 1. The lowest BCUT2D eigenvalue weighted by Crippen LogP contribution is -2.30. The molecular weight excluding hydrogens is 436 g/mol. The number of nitrogens with one attached hydrogen (secondary N) is 1. The lowest BCUT2D eigenvalue weighted by atomic mass is 9.81. The van der Waals surface area contributed by atoms with Gasteiger partial charge in [-0.25, -0.2) is 8.42 Å². The molecule has 4 rings (SSSR count). The third kappa shape index (κ3) is 4.21. The first kappa shape index (κ1) is 21.8. The number of sulfonamides is 1. The number of anilines is 1. The van der Waals surface area contributed by atoms with Crippen molar-refractivity contribution in [2.45, 2.75) is 51.0 Å². The van der Waals surface area contributed by atoms with E-state index in [0.717, 1.165) is 31.2 Å². The number of carbonyl (C=O) groups is 2. The molecule has 2 aromatic rings. The van der Waals surface area contributed by atoms with Gasteiger partial charge in [0.2, 0.25) is 11.8 Å². The molecule has 1 heterocycles. The van der Waals surface area contributed by atoms with Crippen molar-refractivity contribution in [3.63, 3.8) is 0 Å². The van der Waals surface area contributed by atoms with Gasteiger partial charge in [0.15, 0.2) is 0 Å². The topological polar surface area (TPSA) is 83.6 Å². The monoisotopic (exact) mass is 460 g/mol. The number of likely N-dealkylation sites (tertiary alicyclic amines) is 1. The number of amides is 2. The second kappa shape index (κ2) is 8.28. The summed E-state index contributed by atoms with van der Waals surface area (Å²) < 4.78 is 28.7. The number of hydrogen-bond donors (Lipinski definition) is 1. The van der Waals surface area contributed by atoms with E-state index in [1.54, 1.807) is 37.3 Å². The Kier molecular flexibility index (Phi) is 5.83. The van der Waals surface area contributed by atoms with Gasteiger partial charge >= 0.3 is 0 Å². The van der Waals surface area contributed by atoms with Crippen molar-refractivity contribution in [1.82, 2.24) is 4.90 Å². The number of nitrogens with zero attached hydrogens (tertiary/aromatic N) is 1. The van der Waals surface area contributed by atoms with Crippen LogP contribution in [0, 0.1) is 25.7 Å². The molecule has 1 aliphatic heterocycles. The van der Waals surface area contributed by atoms with E-state index in [2.05, 4.69) is 4.72 Å². The van der Waals surface area contributed by atoms with Gasteiger partial charge in [-0.15, -0.1) is 0 Å². The molecule has 0 aromatic heterocycles. The highest BCUT2D eigenvalue weighted by atomic mass is 35.5. The van der Waals surface area contributed by atoms with Gasteiger partial charge in [-0.05, 0) is 61.6 Å². The molecule has 1 saturated heterocycles. The molecule has 1 N–H and O–H groups in total. The largest absolute Gasteiger partial charge is 0.278 e. The van der Waals surface area contributed by atoms with Crippen LogP contribution >= 0.6 is 11.6 Å². The van der Waals surface area contributed by atoms with Crippen molar-refractivity contribution in [1.29, 1.82) is 0 Å². The number of rotatable bonds is 5. The summed E-state index contributed by atoms with van der Waals surface area (Å²) in [6, 6.07) is 10.1. The molecule has 2 aromatic carbocycles. The van der Waals surface area contributed by atoms with Crippen LogP contribution < -0.4 is 4.72 Å². The Labute approximate surface area is 187 Å². The zero-order valence-electron chi connectivity index (χ0n) is 17.5. The molecule has 0 unspecified atom stereocenters. The van der Waals surface area contributed by atoms with Crippen LogP contribution in [0.4, 0.5) is 5.69 Å². The molecule has 31 heavy (non-hydrogen) atoms. The maximum Gasteiger partial charge on any atom is 0.262 e. The fraction of sp³-hybridized carbons (Fsp3) is 0.391. The fourth-order valence-corrected chi connectivity index (χ4v) is 6.22. The average molecular weight is 461 g/mol. The predicted molar refractivity (Wildman–Crippen MR) is 119 cm³/mol. The minimum atomic E-state index is -3.91. The Hall–Kier alpha value is -2.38. The lowest BCUT2D eigenvalue weighted by Gasteiger charge is -2.19. The Bertz CT molecular complexity index is 1140. The van der Waals surface area contributed by atoms with Gasteiger partial charge in [-0.1, -0.05) is 42.6 Å². The summed E-state index contributed by atoms with van der Waals surface area (Å²) in [7, 11) is -3.91. The standard InChI is InChI=1S/C23H25ClN2O4S/c1-14-7-10-20(19(24)11-14)25-31(29,30)21-12-16(9-8-15(21)2)13-26-22(27)17-5-3-4-6-18(17)23(26)28/h7-12,17-18,25H,3-6,13H2,1-2H3/t17-,18+. The van der Waals surface area contributed by atoms with Crippen LogP contribution in [0.1, 0.15) is 42.4 Å². The van der Waals surface area contributed by atoms with Crippen LogP contribution in [0.3, 0.4) is 0 Å². The normalized spacial score (nSPS) is 21.3. The van der Waals surface area contributed by atoms with Gasteiger partial charge < -0.3 is 0 Å². The van der Waals surface area contributed by atoms with Gasteiger partial charge in [-0.3, -0.25) is 19.2 Å². The van der Waals surface area contributed by atoms with E-state index in [0.29, 0.717) is 21.8 Å². The van der Waals surface area contributed by atoms with Crippen molar-refractivity contribution >= 4 is 39.1 Å². The molecule has 0 spiro atoms. The van der Waals surface area contributed by atoms with Crippen molar-refractivity contribution in [3.8, 4) is 0 Å². The summed E-state index contributed by atoms with van der Waals surface area (Å²) in [5.74, 6) is -0.714. The average Bonchev–Trinajstić information content (AvgIpc) is 2.96. The minimum absolute atomic E-state index is 0.0821. The van der Waals surface area contributed by atoms with E-state index >= 15 is 0 Å². The third-order valence-corrected chi connectivity index (χ3v) is 8.00. The van der Waals surface area contributed by atoms with E-state index in [1.165, 1.54) is 11.0 Å². The minimum Gasteiger partial charge on any atom is -0.278 e. The highest BCUT2D eigenvalue weighted by Crippen LogP contribution is 2.38. The van der Waals surface area contributed by atoms with Gasteiger partial charge in [0, 0.05) is 0 Å². The fourth-order valence-electron chi connectivity index (χ4n) is 4.50. The van der Waals surface area contributed by atoms with Gasteiger partial charge in [0.1, 0.15) is 0 Å². The van der Waals surface area contributed by atoms with Crippen molar-refractivity contribution < 1.29 is 18.0 Å². The van der Waals surface area contributed by atoms with E-state index in [9.17, 15) is 18.0 Å². The molecule has 8 heteroatoms. The summed E-state index contributed by atoms with van der Waals surface area (Å²) in [6.07, 6.45) is 3.43. The summed E-state index contributed by atoms with van der Waals surface area (Å²) in [4.78, 5) is 26.9. The maximum atomic E-state index is 13.1. The molecule has 0 bridgehead atoms. The highest BCUT2D eigenvalue weighted by molar-refractivity contribution is 7.92. The first-order valence-corrected chi connectivity index (χ1v) is 12.3. The Morgan fingerprint density at radius 3 is 2.26 bits per heavy atom. The molecule has 1 saturated carbocycles. The molecule has 2 atom stereocenters. The first-order chi connectivity index (χ1) is 14.7. The summed E-state index contributed by atoms with van der Waals surface area (Å²) in [6.45, 7) is 3.66. The molecule has 2 fully saturated rings. The summed E-state index contributed by atoms with van der Waals surface area (Å²) in [5, 5.41) is 0.313. The number of carbonyl (C=O) groups excluding carboxylic acids is 2. The third-order valence-electron chi connectivity index (χ3n) is 6.18. The lowest BCUT2D eigenvalue weighted by molar-refractivity contribution is -0.140. The molecule has 2 aliphatic rings. The molecule has 0 radical (unpaired) electrons. The van der Waals surface area contributed by atoms with Crippen LogP contribution in [0.2, 0.25) is 5.02 Å². The number of aryl methyl sites for hydroxylation is 2. The number of fused-ring (bicyclic) bond motifs is 1. The van der Waals surface area contributed by atoms with Crippen LogP contribution in [-0.2, 0) is 26.2 Å². The Balaban J connectivity index is 1.60. The smallest absolute Gasteiger partial charge is 0.262 e. The molecule has 1 aliphatic carbocycles. The summed E-state index contributed by atoms with van der Waals surface area (Å²) in [5.41, 5.74) is 2.38. The van der Waals surface area contributed by atoms with Gasteiger partial charge in [0.25, 0.3) is 10.0 Å². The zero-order valence-corrected chi connectivity index (χ0v) is 19.1. The second-order valence-electron chi connectivity index (χ2n) is 8.45. The van der Waals surface area contributed by atoms with Crippen molar-refractivity contribution in [3.05, 3.63) is 58.1 Å². The van der Waals surface area contributed by atoms with Gasteiger partial charge in [-0.2, -0.15) is 0 Å². The summed E-state index contributed by atoms with van der Waals surface area (Å²) >= 11 is 6.19. The highest BCUT2D eigenvalue weighted by Gasteiger charge is 2.47. The SMILES string of the molecule is Cc1ccc(NS(=O)(=O)c2cc(CN3C(=O)[C@H]4CCCC[C@H]4C3=O)ccc2C)c(Cl)c1. The molecule has 2 amide bonds. The Morgan fingerprint density at radius 2 is 1.65 bits per heavy atom. The van der Waals surface area contributed by atoms with Gasteiger partial charge in [0.05, 0.1) is 34.0 Å². The number of benzene rings is 2. The zero-order chi connectivity index (χ0) is 22.3. The first-order valence-electron chi connectivity index (χ1n) is 10.4. The predicted octanol–water partition coefficient (Wildman–Crippen LogP) is 4.43. The number of hydrogen-bond acceptors (Lipinski definition) is 4. The van der Waals surface area contributed by atoms with Crippen molar-refractivity contribution in [2.24, 2.45) is 11.8 Å². The van der Waals surface area contributed by atoms with E-state index < -0.39 is 10.0 Å².